The van der Waals surface area contributed by atoms with Crippen LogP contribution in [0.2, 0.25) is 0 Å². The number of aliphatic hydroxyl groups excluding tert-OH is 1. The summed E-state index contributed by atoms with van der Waals surface area (Å²) >= 11 is 4.02. The van der Waals surface area contributed by atoms with Crippen LogP contribution in [0.1, 0.15) is 18.4 Å². The number of guanidine groups is 1. The third-order valence-corrected chi connectivity index (χ3v) is 5.28. The highest BCUT2D eigenvalue weighted by Gasteiger charge is 2.29. The number of nitrogens with one attached hydrogen (secondary N) is 3. The molecule has 36 heavy (non-hydrogen) atoms. The maximum absolute atomic E-state index is 12.9. The van der Waals surface area contributed by atoms with Crippen molar-refractivity contribution in [3.8, 4) is 5.75 Å². The highest BCUT2D eigenvalue weighted by molar-refractivity contribution is 7.80. The van der Waals surface area contributed by atoms with Gasteiger partial charge >= 0.3 is 5.97 Å². The lowest BCUT2D eigenvalue weighted by Gasteiger charge is -2.24. The van der Waals surface area contributed by atoms with E-state index < -0.39 is 54.5 Å². The highest BCUT2D eigenvalue weighted by atomic mass is 32.1. The van der Waals surface area contributed by atoms with Crippen molar-refractivity contribution in [2.24, 2.45) is 22.2 Å². The molecule has 15 heteroatoms. The fourth-order valence-electron chi connectivity index (χ4n) is 2.95. The van der Waals surface area contributed by atoms with Gasteiger partial charge in [0, 0.05) is 12.3 Å². The van der Waals surface area contributed by atoms with Gasteiger partial charge in [0.05, 0.1) is 12.6 Å². The molecular weight excluding hydrogens is 494 g/mol. The maximum Gasteiger partial charge on any atom is 0.328 e. The Bertz CT molecular complexity index is 926. The fraction of sp³-hybridized carbons (Fsp3) is 0.476. The average molecular weight is 528 g/mol. The minimum atomic E-state index is -1.57. The first-order valence-corrected chi connectivity index (χ1v) is 11.6. The summed E-state index contributed by atoms with van der Waals surface area (Å²) in [4.78, 5) is 52.9. The Morgan fingerprint density at radius 3 is 2.03 bits per heavy atom. The van der Waals surface area contributed by atoms with Crippen LogP contribution < -0.4 is 33.2 Å². The van der Waals surface area contributed by atoms with E-state index in [1.165, 1.54) is 12.1 Å². The molecule has 12 N–H and O–H groups in total. The Labute approximate surface area is 213 Å². The third kappa shape index (κ3) is 10.8. The van der Waals surface area contributed by atoms with Gasteiger partial charge in [0.25, 0.3) is 0 Å². The standard InChI is InChI=1S/C21H33N7O7S/c22-13(8-11-3-5-12(30)6-4-11)17(31)26-14(2-1-7-25-21(23)24)18(32)28-16(10-36)19(33)27-15(9-29)20(34)35/h3-6,13-16,29-30,36H,1-2,7-10,22H2,(H,26,31)(H,27,33)(H,28,32)(H,34,35)(H4,23,24,25). The van der Waals surface area contributed by atoms with Gasteiger partial charge in [0.15, 0.2) is 5.96 Å². The number of aliphatic carboxylic acids is 1. The molecule has 0 saturated carbocycles. The molecular formula is C21H33N7O7S. The normalized spacial score (nSPS) is 14.0. The number of phenolic OH excluding ortho intramolecular Hbond substituents is 1. The van der Waals surface area contributed by atoms with Crippen molar-refractivity contribution in [3.05, 3.63) is 29.8 Å². The molecule has 1 rings (SSSR count). The van der Waals surface area contributed by atoms with Crippen LogP contribution in [0.25, 0.3) is 0 Å². The molecule has 0 fully saturated rings. The molecule has 200 valence electrons. The number of carboxylic acids is 1. The summed E-state index contributed by atoms with van der Waals surface area (Å²) in [6.07, 6.45) is 0.524. The van der Waals surface area contributed by atoms with E-state index in [0.717, 1.165) is 0 Å². The van der Waals surface area contributed by atoms with Crippen LogP contribution in [0.15, 0.2) is 29.3 Å². The number of nitrogens with two attached hydrogens (primary N) is 3. The summed E-state index contributed by atoms with van der Waals surface area (Å²) in [5, 5.41) is 34.5. The predicted molar refractivity (Wildman–Crippen MR) is 134 cm³/mol. The molecule has 0 aliphatic heterocycles. The summed E-state index contributed by atoms with van der Waals surface area (Å²) in [6.45, 7) is -0.675. The third-order valence-electron chi connectivity index (χ3n) is 4.92. The Balaban J connectivity index is 2.90. The van der Waals surface area contributed by atoms with Crippen LogP contribution in [0, 0.1) is 0 Å². The number of benzene rings is 1. The average Bonchev–Trinajstić information content (AvgIpc) is 2.83. The zero-order chi connectivity index (χ0) is 27.3. The van der Waals surface area contributed by atoms with Gasteiger partial charge < -0.3 is 48.5 Å². The summed E-state index contributed by atoms with van der Waals surface area (Å²) in [5.41, 5.74) is 17.3. The van der Waals surface area contributed by atoms with Crippen molar-refractivity contribution in [1.82, 2.24) is 16.0 Å². The number of rotatable bonds is 15. The SMILES string of the molecule is NC(N)=NCCCC(NC(=O)C(N)Cc1ccc(O)cc1)C(=O)NC(CS)C(=O)NC(CO)C(=O)O. The van der Waals surface area contributed by atoms with Crippen LogP contribution in [-0.2, 0) is 25.6 Å². The van der Waals surface area contributed by atoms with Gasteiger partial charge in [-0.3, -0.25) is 19.4 Å². The number of aliphatic imine (C=N–C) groups is 1. The maximum atomic E-state index is 12.9. The van der Waals surface area contributed by atoms with Crippen LogP contribution in [0.5, 0.6) is 5.75 Å². The molecule has 0 saturated heterocycles. The number of nitrogens with zero attached hydrogens (tertiary/aromatic N) is 1. The van der Waals surface area contributed by atoms with Crippen LogP contribution in [-0.4, -0.2) is 88.0 Å². The number of aromatic hydroxyl groups is 1. The Kier molecular flexibility index (Phi) is 13.1. The number of carbonyl (C=O) groups is 4. The molecule has 0 aliphatic rings. The quantitative estimate of drug-likeness (QED) is 0.0472. The Morgan fingerprint density at radius 2 is 1.50 bits per heavy atom. The Morgan fingerprint density at radius 1 is 0.944 bits per heavy atom. The van der Waals surface area contributed by atoms with Crippen LogP contribution in [0.4, 0.5) is 0 Å². The first-order chi connectivity index (χ1) is 17.0. The lowest BCUT2D eigenvalue weighted by Crippen LogP contribution is -2.58. The van der Waals surface area contributed by atoms with E-state index in [-0.39, 0.29) is 36.8 Å². The largest absolute Gasteiger partial charge is 0.508 e. The number of thiol groups is 1. The van der Waals surface area contributed by atoms with Crippen molar-refractivity contribution in [2.75, 3.05) is 18.9 Å². The van der Waals surface area contributed by atoms with Gasteiger partial charge in [-0.15, -0.1) is 0 Å². The molecule has 0 aromatic heterocycles. The molecule has 0 bridgehead atoms. The summed E-state index contributed by atoms with van der Waals surface area (Å²) < 4.78 is 0. The first kappa shape index (κ1) is 30.5. The van der Waals surface area contributed by atoms with Gasteiger partial charge in [-0.05, 0) is 37.0 Å². The fourth-order valence-corrected chi connectivity index (χ4v) is 3.21. The van der Waals surface area contributed by atoms with Gasteiger partial charge in [0.2, 0.25) is 17.7 Å². The van der Waals surface area contributed by atoms with E-state index in [9.17, 15) is 24.3 Å². The van der Waals surface area contributed by atoms with E-state index in [2.05, 4.69) is 33.6 Å². The zero-order valence-corrected chi connectivity index (χ0v) is 20.4. The van der Waals surface area contributed by atoms with Crippen molar-refractivity contribution in [1.29, 1.82) is 0 Å². The molecule has 14 nitrogen and oxygen atoms in total. The smallest absolute Gasteiger partial charge is 0.328 e. The second-order valence-electron chi connectivity index (χ2n) is 7.81. The number of phenols is 1. The molecule has 1 aromatic carbocycles. The van der Waals surface area contributed by atoms with Gasteiger partial charge in [0.1, 0.15) is 23.9 Å². The van der Waals surface area contributed by atoms with Crippen molar-refractivity contribution in [3.63, 3.8) is 0 Å². The molecule has 0 heterocycles. The van der Waals surface area contributed by atoms with E-state index in [1.54, 1.807) is 12.1 Å². The Hall–Kier alpha value is -3.56. The number of aliphatic hydroxyl groups is 1. The summed E-state index contributed by atoms with van der Waals surface area (Å²) in [5.74, 6) is -3.98. The highest BCUT2D eigenvalue weighted by Crippen LogP contribution is 2.11. The van der Waals surface area contributed by atoms with Crippen molar-refractivity contribution >= 4 is 42.3 Å². The lowest BCUT2D eigenvalue weighted by atomic mass is 10.0. The first-order valence-electron chi connectivity index (χ1n) is 10.9. The van der Waals surface area contributed by atoms with E-state index in [4.69, 9.17) is 27.4 Å². The minimum absolute atomic E-state index is 0.0609. The second-order valence-corrected chi connectivity index (χ2v) is 8.18. The topological polar surface area (TPSA) is 255 Å². The molecule has 0 spiro atoms. The summed E-state index contributed by atoms with van der Waals surface area (Å²) in [6, 6.07) is 1.15. The number of hydrogen-bond donors (Lipinski definition) is 10. The monoisotopic (exact) mass is 527 g/mol. The molecule has 4 unspecified atom stereocenters. The number of carboxylic acid groups (broad SMARTS) is 1. The minimum Gasteiger partial charge on any atom is -0.508 e. The van der Waals surface area contributed by atoms with Gasteiger partial charge in [-0.2, -0.15) is 12.6 Å². The van der Waals surface area contributed by atoms with Gasteiger partial charge in [-0.25, -0.2) is 4.79 Å². The van der Waals surface area contributed by atoms with E-state index in [1.807, 2.05) is 0 Å². The molecule has 3 amide bonds. The number of amides is 3. The molecule has 0 radical (unpaired) electrons. The van der Waals surface area contributed by atoms with Crippen molar-refractivity contribution in [2.45, 2.75) is 43.4 Å². The van der Waals surface area contributed by atoms with Crippen molar-refractivity contribution < 1.29 is 34.5 Å². The lowest BCUT2D eigenvalue weighted by molar-refractivity contribution is -0.143. The molecule has 0 aliphatic carbocycles. The van der Waals surface area contributed by atoms with Crippen LogP contribution >= 0.6 is 12.6 Å². The molecule has 1 aromatic rings. The number of hydrogen-bond acceptors (Lipinski definition) is 9. The van der Waals surface area contributed by atoms with E-state index >= 15 is 0 Å². The van der Waals surface area contributed by atoms with Gasteiger partial charge in [-0.1, -0.05) is 12.1 Å². The second kappa shape index (κ2) is 15.4. The zero-order valence-electron chi connectivity index (χ0n) is 19.5. The predicted octanol–water partition coefficient (Wildman–Crippen LogP) is -3.22. The van der Waals surface area contributed by atoms with Crippen LogP contribution in [0.3, 0.4) is 0 Å². The van der Waals surface area contributed by atoms with E-state index in [0.29, 0.717) is 12.0 Å². The summed E-state index contributed by atoms with van der Waals surface area (Å²) in [7, 11) is 0. The number of carbonyl (C=O) groups excluding carboxylic acids is 3. The molecule has 4 atom stereocenters.